The number of benzene rings is 1. The first-order valence-electron chi connectivity index (χ1n) is 3.97. The first-order chi connectivity index (χ1) is 6.27. The summed E-state index contributed by atoms with van der Waals surface area (Å²) >= 11 is 5.45. The highest BCUT2D eigenvalue weighted by molar-refractivity contribution is 6.19. The lowest BCUT2D eigenvalue weighted by Crippen LogP contribution is -1.87. The molecule has 0 bridgehead atoms. The second-order valence-corrected chi connectivity index (χ2v) is 2.89. The number of hydrogen-bond donors (Lipinski definition) is 0. The molecule has 2 heteroatoms. The van der Waals surface area contributed by atoms with Crippen LogP contribution >= 0.6 is 11.6 Å². The van der Waals surface area contributed by atoms with Gasteiger partial charge in [-0.25, -0.2) is 0 Å². The third-order valence-electron chi connectivity index (χ3n) is 1.69. The van der Waals surface area contributed by atoms with Gasteiger partial charge in [0.2, 0.25) is 0 Å². The molecule has 0 aromatic heterocycles. The highest BCUT2D eigenvalue weighted by atomic mass is 35.5. The van der Waals surface area contributed by atoms with Crippen LogP contribution in [0.1, 0.15) is 11.1 Å². The highest BCUT2D eigenvalue weighted by Crippen LogP contribution is 2.17. The molecule has 0 saturated heterocycles. The molecule has 1 rings (SSSR count). The van der Waals surface area contributed by atoms with Gasteiger partial charge in [-0.3, -0.25) is 0 Å². The molecule has 0 atom stereocenters. The van der Waals surface area contributed by atoms with E-state index in [-0.39, 0.29) is 0 Å². The number of rotatable bonds is 1. The third kappa shape index (κ3) is 2.68. The lowest BCUT2D eigenvalue weighted by molar-refractivity contribution is 0.411. The molecule has 1 nitrogen and oxygen atoms in total. The van der Waals surface area contributed by atoms with Crippen molar-refractivity contribution in [3.8, 4) is 17.6 Å². The Kier molecular flexibility index (Phi) is 3.67. The molecular weight excluding hydrogens is 184 g/mol. The molecule has 0 aliphatic carbocycles. The van der Waals surface area contributed by atoms with Crippen LogP contribution in [0.2, 0.25) is 0 Å². The summed E-state index contributed by atoms with van der Waals surface area (Å²) < 4.78 is 5.13. The normalized spacial score (nSPS) is 8.85. The average Bonchev–Trinajstić information content (AvgIpc) is 2.15. The van der Waals surface area contributed by atoms with Crippen molar-refractivity contribution in [3.63, 3.8) is 0 Å². The van der Waals surface area contributed by atoms with E-state index in [2.05, 4.69) is 11.8 Å². The molecule has 0 spiro atoms. The molecule has 0 amide bonds. The van der Waals surface area contributed by atoms with Gasteiger partial charge < -0.3 is 4.74 Å². The zero-order valence-electron chi connectivity index (χ0n) is 7.73. The first kappa shape index (κ1) is 9.95. The summed E-state index contributed by atoms with van der Waals surface area (Å²) in [6.45, 7) is 1.99. The number of aryl methyl sites for hydroxylation is 1. The van der Waals surface area contributed by atoms with E-state index < -0.39 is 0 Å². The third-order valence-corrected chi connectivity index (χ3v) is 1.83. The van der Waals surface area contributed by atoms with E-state index in [0.29, 0.717) is 5.88 Å². The zero-order chi connectivity index (χ0) is 9.68. The quantitative estimate of drug-likeness (QED) is 0.493. The summed E-state index contributed by atoms with van der Waals surface area (Å²) in [5, 5.41) is 0. The van der Waals surface area contributed by atoms with Crippen LogP contribution in [-0.2, 0) is 0 Å². The van der Waals surface area contributed by atoms with Crippen LogP contribution in [0, 0.1) is 18.8 Å². The maximum atomic E-state index is 5.45. The largest absolute Gasteiger partial charge is 0.496 e. The van der Waals surface area contributed by atoms with Gasteiger partial charge in [-0.15, -0.1) is 11.6 Å². The molecule has 0 fully saturated rings. The van der Waals surface area contributed by atoms with E-state index in [1.807, 2.05) is 25.1 Å². The van der Waals surface area contributed by atoms with Gasteiger partial charge in [0.05, 0.1) is 13.0 Å². The Morgan fingerprint density at radius 2 is 2.23 bits per heavy atom. The van der Waals surface area contributed by atoms with Crippen LogP contribution in [0.5, 0.6) is 5.75 Å². The maximum Gasteiger partial charge on any atom is 0.121 e. The van der Waals surface area contributed by atoms with E-state index in [0.717, 1.165) is 16.9 Å². The molecule has 0 unspecified atom stereocenters. The summed E-state index contributed by atoms with van der Waals surface area (Å²) in [4.78, 5) is 0. The van der Waals surface area contributed by atoms with Crippen LogP contribution in [0.15, 0.2) is 18.2 Å². The van der Waals surface area contributed by atoms with Gasteiger partial charge >= 0.3 is 0 Å². The monoisotopic (exact) mass is 194 g/mol. The Morgan fingerprint density at radius 3 is 2.77 bits per heavy atom. The van der Waals surface area contributed by atoms with Crippen molar-refractivity contribution in [2.45, 2.75) is 6.92 Å². The predicted molar refractivity (Wildman–Crippen MR) is 55.3 cm³/mol. The van der Waals surface area contributed by atoms with Crippen molar-refractivity contribution < 1.29 is 4.74 Å². The standard InChI is InChI=1S/C11H11ClO/c1-9-8-10(4-3-7-12)5-6-11(9)13-2/h5-6,8H,7H2,1-2H3. The molecule has 68 valence electrons. The Morgan fingerprint density at radius 1 is 1.46 bits per heavy atom. The van der Waals surface area contributed by atoms with Gasteiger partial charge in [-0.05, 0) is 30.7 Å². The van der Waals surface area contributed by atoms with Crippen molar-refractivity contribution in [1.82, 2.24) is 0 Å². The van der Waals surface area contributed by atoms with Crippen molar-refractivity contribution in [2.24, 2.45) is 0 Å². The molecule has 0 aliphatic rings. The fourth-order valence-electron chi connectivity index (χ4n) is 1.09. The molecule has 0 heterocycles. The topological polar surface area (TPSA) is 9.23 Å². The number of hydrogen-bond acceptors (Lipinski definition) is 1. The second kappa shape index (κ2) is 4.79. The van der Waals surface area contributed by atoms with Gasteiger partial charge in [-0.2, -0.15) is 0 Å². The summed E-state index contributed by atoms with van der Waals surface area (Å²) in [5.41, 5.74) is 2.06. The SMILES string of the molecule is COc1ccc(C#CCCl)cc1C. The highest BCUT2D eigenvalue weighted by Gasteiger charge is 1.96. The van der Waals surface area contributed by atoms with E-state index in [4.69, 9.17) is 16.3 Å². The molecule has 0 radical (unpaired) electrons. The molecule has 0 aliphatic heterocycles. The molecule has 13 heavy (non-hydrogen) atoms. The summed E-state index contributed by atoms with van der Waals surface area (Å²) in [5.74, 6) is 7.00. The van der Waals surface area contributed by atoms with Crippen LogP contribution in [0.3, 0.4) is 0 Å². The smallest absolute Gasteiger partial charge is 0.121 e. The van der Waals surface area contributed by atoms with E-state index in [9.17, 15) is 0 Å². The molecule has 0 saturated carbocycles. The van der Waals surface area contributed by atoms with E-state index in [1.54, 1.807) is 7.11 Å². The van der Waals surface area contributed by atoms with Gasteiger partial charge in [0.25, 0.3) is 0 Å². The fraction of sp³-hybridized carbons (Fsp3) is 0.273. The van der Waals surface area contributed by atoms with Crippen molar-refractivity contribution in [1.29, 1.82) is 0 Å². The number of ether oxygens (including phenoxy) is 1. The zero-order valence-corrected chi connectivity index (χ0v) is 8.48. The fourth-order valence-corrected chi connectivity index (χ4v) is 1.16. The van der Waals surface area contributed by atoms with Crippen molar-refractivity contribution >= 4 is 11.6 Å². The van der Waals surface area contributed by atoms with Crippen LogP contribution in [0.4, 0.5) is 0 Å². The number of methoxy groups -OCH3 is 1. The molecule has 1 aromatic carbocycles. The molecule has 1 aromatic rings. The summed E-state index contributed by atoms with van der Waals surface area (Å²) in [6, 6.07) is 5.82. The maximum absolute atomic E-state index is 5.45. The van der Waals surface area contributed by atoms with Crippen molar-refractivity contribution in [2.75, 3.05) is 13.0 Å². The van der Waals surface area contributed by atoms with Crippen LogP contribution in [-0.4, -0.2) is 13.0 Å². The Hall–Kier alpha value is -1.13. The van der Waals surface area contributed by atoms with Crippen LogP contribution in [0.25, 0.3) is 0 Å². The minimum Gasteiger partial charge on any atom is -0.496 e. The van der Waals surface area contributed by atoms with Crippen LogP contribution < -0.4 is 4.74 Å². The predicted octanol–water partition coefficient (Wildman–Crippen LogP) is 2.59. The average molecular weight is 195 g/mol. The van der Waals surface area contributed by atoms with Gasteiger partial charge in [-0.1, -0.05) is 11.8 Å². The lowest BCUT2D eigenvalue weighted by atomic mass is 10.1. The van der Waals surface area contributed by atoms with Gasteiger partial charge in [0, 0.05) is 5.56 Å². The second-order valence-electron chi connectivity index (χ2n) is 2.62. The molecular formula is C11H11ClO. The Bertz CT molecular complexity index is 347. The summed E-state index contributed by atoms with van der Waals surface area (Å²) in [6.07, 6.45) is 0. The lowest BCUT2D eigenvalue weighted by Gasteiger charge is -2.03. The minimum absolute atomic E-state index is 0.366. The first-order valence-corrected chi connectivity index (χ1v) is 4.51. The number of alkyl halides is 1. The number of halogens is 1. The van der Waals surface area contributed by atoms with Gasteiger partial charge in [0.1, 0.15) is 5.75 Å². The van der Waals surface area contributed by atoms with E-state index in [1.165, 1.54) is 0 Å². The summed E-state index contributed by atoms with van der Waals surface area (Å²) in [7, 11) is 1.66. The van der Waals surface area contributed by atoms with Crippen molar-refractivity contribution in [3.05, 3.63) is 29.3 Å². The Balaban J connectivity index is 2.96. The Labute approximate surface area is 83.7 Å². The molecule has 0 N–H and O–H groups in total. The minimum atomic E-state index is 0.366. The van der Waals surface area contributed by atoms with E-state index >= 15 is 0 Å². The van der Waals surface area contributed by atoms with Gasteiger partial charge in [0.15, 0.2) is 0 Å².